The van der Waals surface area contributed by atoms with Crippen LogP contribution in [0.1, 0.15) is 31.2 Å². The fourth-order valence-corrected chi connectivity index (χ4v) is 5.86. The third-order valence-electron chi connectivity index (χ3n) is 7.67. The lowest BCUT2D eigenvalue weighted by molar-refractivity contribution is -0.137. The molecule has 2 N–H and O–H groups in total. The fourth-order valence-electron chi connectivity index (χ4n) is 5.27. The zero-order valence-corrected chi connectivity index (χ0v) is 26.8. The molecule has 1 fully saturated rings. The maximum absolute atomic E-state index is 13.9. The number of pyridine rings is 2. The number of carbonyl (C=O) groups is 1. The third-order valence-corrected chi connectivity index (χ3v) is 8.75. The Bertz CT molecular complexity index is 1870. The van der Waals surface area contributed by atoms with E-state index in [1.165, 1.54) is 30.6 Å². The minimum atomic E-state index is -4.84. The summed E-state index contributed by atoms with van der Waals surface area (Å²) in [5.74, 6) is 0.101. The van der Waals surface area contributed by atoms with Crippen LogP contribution in [0, 0.1) is 0 Å². The van der Waals surface area contributed by atoms with E-state index < -0.39 is 52.3 Å². The lowest BCUT2D eigenvalue weighted by atomic mass is 9.90. The molecule has 4 aromatic rings. The van der Waals surface area contributed by atoms with Crippen molar-refractivity contribution in [2.45, 2.75) is 55.3 Å². The van der Waals surface area contributed by atoms with Gasteiger partial charge in [-0.25, -0.2) is 46.9 Å². The second-order valence-corrected chi connectivity index (χ2v) is 13.1. The van der Waals surface area contributed by atoms with Gasteiger partial charge in [-0.1, -0.05) is 0 Å². The average Bonchev–Trinajstić information content (AvgIpc) is 3.08. The molecule has 4 heterocycles. The first kappa shape index (κ1) is 35.2. The van der Waals surface area contributed by atoms with Gasteiger partial charge in [-0.15, -0.1) is 0 Å². The molecule has 4 aromatic heterocycles. The number of rotatable bonds is 10. The van der Waals surface area contributed by atoms with Gasteiger partial charge < -0.3 is 15.4 Å². The van der Waals surface area contributed by atoms with E-state index in [0.717, 1.165) is 24.7 Å². The predicted molar refractivity (Wildman–Crippen MR) is 167 cm³/mol. The van der Waals surface area contributed by atoms with Crippen molar-refractivity contribution in [3.8, 4) is 28.4 Å². The van der Waals surface area contributed by atoms with E-state index in [9.17, 15) is 35.2 Å². The molecule has 1 aliphatic rings. The zero-order valence-electron chi connectivity index (χ0n) is 26.0. The molecule has 1 aliphatic carbocycles. The van der Waals surface area contributed by atoms with Crippen molar-refractivity contribution in [3.05, 3.63) is 60.9 Å². The Balaban J connectivity index is 1.33. The van der Waals surface area contributed by atoms with Crippen LogP contribution in [0.25, 0.3) is 22.4 Å². The van der Waals surface area contributed by atoms with Gasteiger partial charge in [-0.2, -0.15) is 13.2 Å². The minimum Gasteiger partial charge on any atom is -0.467 e. The van der Waals surface area contributed by atoms with E-state index in [-0.39, 0.29) is 34.3 Å². The van der Waals surface area contributed by atoms with Crippen molar-refractivity contribution in [2.75, 3.05) is 30.1 Å². The Hall–Kier alpha value is -5.07. The maximum Gasteiger partial charge on any atom is 0.419 e. The molecule has 5 rings (SSSR count). The summed E-state index contributed by atoms with van der Waals surface area (Å²) < 4.78 is 96.6. The van der Waals surface area contributed by atoms with Crippen LogP contribution in [-0.4, -0.2) is 82.8 Å². The van der Waals surface area contributed by atoms with Crippen LogP contribution in [-0.2, 0) is 16.0 Å². The molecule has 260 valence electrons. The topological polar surface area (TPSA) is 165 Å². The van der Waals surface area contributed by atoms with Crippen LogP contribution >= 0.6 is 0 Å². The number of ether oxygens (including phenoxy) is 1. The number of carbonyl (C=O) groups excluding carboxylic acids is 1. The van der Waals surface area contributed by atoms with Gasteiger partial charge in [-0.3, -0.25) is 9.88 Å². The van der Waals surface area contributed by atoms with Crippen molar-refractivity contribution in [2.24, 2.45) is 0 Å². The number of hydrogen-bond acceptors (Lipinski definition) is 11. The van der Waals surface area contributed by atoms with Gasteiger partial charge in [-0.05, 0) is 43.9 Å². The first-order chi connectivity index (χ1) is 23.2. The molecule has 0 aromatic carbocycles. The Morgan fingerprint density at radius 2 is 1.65 bits per heavy atom. The van der Waals surface area contributed by atoms with Gasteiger partial charge in [0.05, 0.1) is 24.2 Å². The normalized spacial score (nSPS) is 16.7. The molecule has 49 heavy (non-hydrogen) atoms. The van der Waals surface area contributed by atoms with Crippen LogP contribution in [0.2, 0.25) is 0 Å². The number of amides is 2. The molecular weight excluding hydrogens is 677 g/mol. The van der Waals surface area contributed by atoms with Crippen molar-refractivity contribution in [1.29, 1.82) is 0 Å². The SMILES string of the molecule is COc1ncc(-c2ccc(N(C(=O)NCC(F)F)C3CCC(Nc4ncc(C(F)(F)F)c(-c5cncc(S(C)(=O)=O)c5)n4)CC3)nc2)cn1. The van der Waals surface area contributed by atoms with Crippen LogP contribution in [0.3, 0.4) is 0 Å². The predicted octanol–water partition coefficient (Wildman–Crippen LogP) is 5.03. The van der Waals surface area contributed by atoms with Crippen LogP contribution < -0.4 is 20.3 Å². The number of anilines is 2. The highest BCUT2D eigenvalue weighted by molar-refractivity contribution is 7.90. The average molecular weight is 708 g/mol. The largest absolute Gasteiger partial charge is 0.467 e. The van der Waals surface area contributed by atoms with E-state index >= 15 is 0 Å². The molecule has 0 spiro atoms. The summed E-state index contributed by atoms with van der Waals surface area (Å²) in [4.78, 5) is 38.5. The highest BCUT2D eigenvalue weighted by Gasteiger charge is 2.36. The van der Waals surface area contributed by atoms with Gasteiger partial charge in [0, 0.05) is 72.2 Å². The summed E-state index contributed by atoms with van der Waals surface area (Å²) in [6, 6.07) is 2.98. The standard InChI is InChI=1S/C30H30F5N9O4S/c1-48-28-39-12-19(13-40-28)17-3-8-25(37-11-17)44(29(45)41-16-24(31)32)21-6-4-20(5-7-21)42-27-38-15-23(30(33,34)35)26(43-27)18-9-22(14-36-10-18)49(2,46)47/h3,8-15,20-21,24H,4-7,16H2,1-2H3,(H,41,45)(H,38,42,43). The highest BCUT2D eigenvalue weighted by Crippen LogP contribution is 2.37. The molecule has 13 nitrogen and oxygen atoms in total. The van der Waals surface area contributed by atoms with E-state index in [0.29, 0.717) is 43.0 Å². The molecule has 0 radical (unpaired) electrons. The fraction of sp³-hybridized carbons (Fsp3) is 0.367. The Morgan fingerprint density at radius 1 is 0.959 bits per heavy atom. The van der Waals surface area contributed by atoms with Crippen LogP contribution in [0.15, 0.2) is 60.3 Å². The maximum atomic E-state index is 13.9. The van der Waals surface area contributed by atoms with E-state index in [2.05, 4.69) is 40.5 Å². The first-order valence-corrected chi connectivity index (χ1v) is 16.7. The lowest BCUT2D eigenvalue weighted by Crippen LogP contribution is -2.50. The smallest absolute Gasteiger partial charge is 0.419 e. The van der Waals surface area contributed by atoms with Crippen LogP contribution in [0.5, 0.6) is 6.01 Å². The minimum absolute atomic E-state index is 0.123. The Morgan fingerprint density at radius 3 is 2.24 bits per heavy atom. The summed E-state index contributed by atoms with van der Waals surface area (Å²) in [5, 5.41) is 5.27. The number of urea groups is 1. The highest BCUT2D eigenvalue weighted by atomic mass is 32.2. The van der Waals surface area contributed by atoms with E-state index in [1.807, 2.05) is 0 Å². The van der Waals surface area contributed by atoms with Gasteiger partial charge >= 0.3 is 18.2 Å². The lowest BCUT2D eigenvalue weighted by Gasteiger charge is -2.36. The number of nitrogens with one attached hydrogen (secondary N) is 2. The number of aromatic nitrogens is 6. The van der Waals surface area contributed by atoms with Gasteiger partial charge in [0.1, 0.15) is 11.4 Å². The van der Waals surface area contributed by atoms with Crippen molar-refractivity contribution < 1.29 is 39.9 Å². The molecule has 19 heteroatoms. The number of nitrogens with zero attached hydrogens (tertiary/aromatic N) is 7. The molecule has 0 bridgehead atoms. The monoisotopic (exact) mass is 707 g/mol. The summed E-state index contributed by atoms with van der Waals surface area (Å²) in [5.41, 5.74) is -0.602. The number of hydrogen-bond donors (Lipinski definition) is 2. The Kier molecular flexibility index (Phi) is 10.5. The van der Waals surface area contributed by atoms with Crippen molar-refractivity contribution in [3.63, 3.8) is 0 Å². The number of sulfone groups is 1. The molecule has 0 unspecified atom stereocenters. The van der Waals surface area contributed by atoms with Gasteiger partial charge in [0.2, 0.25) is 5.95 Å². The quantitative estimate of drug-likeness (QED) is 0.213. The molecule has 0 aliphatic heterocycles. The Labute approximate surface area is 277 Å². The first-order valence-electron chi connectivity index (χ1n) is 14.8. The number of methoxy groups -OCH3 is 1. The van der Waals surface area contributed by atoms with Crippen LogP contribution in [0.4, 0.5) is 38.5 Å². The van der Waals surface area contributed by atoms with E-state index in [4.69, 9.17) is 4.74 Å². The van der Waals surface area contributed by atoms with Gasteiger partial charge in [0.25, 0.3) is 6.43 Å². The van der Waals surface area contributed by atoms with Crippen molar-refractivity contribution >= 4 is 27.6 Å². The summed E-state index contributed by atoms with van der Waals surface area (Å²) in [7, 11) is -2.33. The van der Waals surface area contributed by atoms with Gasteiger partial charge in [0.15, 0.2) is 9.84 Å². The molecule has 2 amide bonds. The number of halogens is 5. The molecule has 1 saturated carbocycles. The molecular formula is C30H30F5N9O4S. The summed E-state index contributed by atoms with van der Waals surface area (Å²) in [6.07, 6.45) is 2.19. The second-order valence-electron chi connectivity index (χ2n) is 11.1. The van der Waals surface area contributed by atoms with Crippen molar-refractivity contribution in [1.82, 2.24) is 35.2 Å². The third kappa shape index (κ3) is 8.70. The molecule has 0 atom stereocenters. The zero-order chi connectivity index (χ0) is 35.3. The van der Waals surface area contributed by atoms with E-state index in [1.54, 1.807) is 12.1 Å². The second kappa shape index (κ2) is 14.6. The number of alkyl halides is 5. The summed E-state index contributed by atoms with van der Waals surface area (Å²) >= 11 is 0. The molecule has 0 saturated heterocycles. The summed E-state index contributed by atoms with van der Waals surface area (Å²) in [6.45, 7) is -0.857.